The van der Waals surface area contributed by atoms with Crippen LogP contribution in [0.3, 0.4) is 0 Å². The molecular weight excluding hydrogens is 748 g/mol. The van der Waals surface area contributed by atoms with Gasteiger partial charge >= 0.3 is 0 Å². The molecule has 0 aliphatic carbocycles. The minimum atomic E-state index is 0. The zero-order chi connectivity index (χ0) is 24.4. The van der Waals surface area contributed by atoms with Crippen LogP contribution in [0.5, 0.6) is 0 Å². The molecule has 2 aromatic rings. The molecule has 4 N–H and O–H groups in total. The Labute approximate surface area is 283 Å². The van der Waals surface area contributed by atoms with Crippen molar-refractivity contribution >= 4 is 67.9 Å². The molecule has 0 aromatic heterocycles. The molecular formula is C31H58Br4N4. The topological polar surface area (TPSA) is 48.1 Å². The fourth-order valence-corrected chi connectivity index (χ4v) is 3.93. The van der Waals surface area contributed by atoms with E-state index in [4.69, 9.17) is 0 Å². The summed E-state index contributed by atoms with van der Waals surface area (Å²) in [4.78, 5) is 0. The molecule has 0 spiro atoms. The molecule has 0 saturated carbocycles. The molecule has 0 aliphatic heterocycles. The smallest absolute Gasteiger partial charge is 0.0205 e. The first-order valence-electron chi connectivity index (χ1n) is 13.6. The summed E-state index contributed by atoms with van der Waals surface area (Å²) >= 11 is 0. The summed E-state index contributed by atoms with van der Waals surface area (Å²) in [6.45, 7) is 17.5. The molecule has 0 saturated heterocycles. The summed E-state index contributed by atoms with van der Waals surface area (Å²) in [6, 6.07) is 18.0. The number of unbranched alkanes of at least 4 members (excludes halogenated alkanes) is 1. The Morgan fingerprint density at radius 1 is 0.436 bits per heavy atom. The van der Waals surface area contributed by atoms with Gasteiger partial charge in [0.05, 0.1) is 0 Å². The van der Waals surface area contributed by atoms with Gasteiger partial charge in [0.2, 0.25) is 0 Å². The lowest BCUT2D eigenvalue weighted by Gasteiger charge is -2.09. The van der Waals surface area contributed by atoms with E-state index in [1.54, 1.807) is 0 Å². The van der Waals surface area contributed by atoms with E-state index < -0.39 is 0 Å². The van der Waals surface area contributed by atoms with Crippen LogP contribution in [0.15, 0.2) is 48.5 Å². The molecule has 0 fully saturated rings. The maximum absolute atomic E-state index is 3.57. The molecule has 39 heavy (non-hydrogen) atoms. The van der Waals surface area contributed by atoms with Gasteiger partial charge < -0.3 is 21.3 Å². The largest absolute Gasteiger partial charge is 0.317 e. The predicted molar refractivity (Wildman–Crippen MR) is 197 cm³/mol. The molecule has 0 heterocycles. The number of nitrogens with one attached hydrogen (secondary N) is 4. The molecule has 230 valence electrons. The Hall–Kier alpha value is 0.200. The summed E-state index contributed by atoms with van der Waals surface area (Å²) in [6.07, 6.45) is 4.84. The van der Waals surface area contributed by atoms with Gasteiger partial charge in [-0.15, -0.1) is 67.9 Å². The van der Waals surface area contributed by atoms with Crippen LogP contribution >= 0.6 is 67.9 Å². The van der Waals surface area contributed by atoms with Gasteiger partial charge in [-0.1, -0.05) is 83.7 Å². The summed E-state index contributed by atoms with van der Waals surface area (Å²) in [5.74, 6) is 1.21. The molecule has 0 bridgehead atoms. The van der Waals surface area contributed by atoms with Crippen LogP contribution in [0, 0.1) is 0 Å². The van der Waals surface area contributed by atoms with Crippen LogP contribution in [-0.4, -0.2) is 39.3 Å². The first kappa shape index (κ1) is 46.2. The van der Waals surface area contributed by atoms with Crippen LogP contribution in [0.25, 0.3) is 0 Å². The maximum atomic E-state index is 3.57. The highest BCUT2D eigenvalue weighted by atomic mass is 79.9. The van der Waals surface area contributed by atoms with Crippen molar-refractivity contribution in [2.24, 2.45) is 0 Å². The zero-order valence-electron chi connectivity index (χ0n) is 23.9. The second-order valence-corrected chi connectivity index (χ2v) is 10.1. The van der Waals surface area contributed by atoms with Gasteiger partial charge in [-0.25, -0.2) is 0 Å². The van der Waals surface area contributed by atoms with E-state index in [2.05, 4.69) is 97.5 Å². The quantitative estimate of drug-likeness (QED) is 0.108. The minimum Gasteiger partial charge on any atom is -0.317 e. The van der Waals surface area contributed by atoms with E-state index in [0.29, 0.717) is 11.8 Å². The van der Waals surface area contributed by atoms with Gasteiger partial charge in [0.15, 0.2) is 0 Å². The highest BCUT2D eigenvalue weighted by Crippen LogP contribution is 2.15. The van der Waals surface area contributed by atoms with Gasteiger partial charge in [-0.05, 0) is 99.0 Å². The highest BCUT2D eigenvalue weighted by molar-refractivity contribution is 8.93. The zero-order valence-corrected chi connectivity index (χ0v) is 30.7. The second kappa shape index (κ2) is 29.7. The van der Waals surface area contributed by atoms with Gasteiger partial charge in [0.1, 0.15) is 0 Å². The Kier molecular flexibility index (Phi) is 35.1. The third kappa shape index (κ3) is 22.5. The van der Waals surface area contributed by atoms with Crippen LogP contribution in [0.2, 0.25) is 0 Å². The van der Waals surface area contributed by atoms with Gasteiger partial charge in [-0.2, -0.15) is 0 Å². The summed E-state index contributed by atoms with van der Waals surface area (Å²) in [5.41, 5.74) is 5.58. The van der Waals surface area contributed by atoms with Gasteiger partial charge in [-0.3, -0.25) is 0 Å². The van der Waals surface area contributed by atoms with E-state index in [1.165, 1.54) is 47.9 Å². The predicted octanol–water partition coefficient (Wildman–Crippen LogP) is 8.50. The van der Waals surface area contributed by atoms with Crippen LogP contribution in [-0.2, 0) is 13.1 Å². The Morgan fingerprint density at radius 2 is 0.718 bits per heavy atom. The number of halogens is 4. The van der Waals surface area contributed by atoms with Crippen molar-refractivity contribution in [3.63, 3.8) is 0 Å². The van der Waals surface area contributed by atoms with Crippen molar-refractivity contribution in [3.8, 4) is 0 Å². The number of hydrogen-bond donors (Lipinski definition) is 4. The fraction of sp³-hybridized carbons (Fsp3) is 0.613. The number of rotatable bonds is 19. The normalized spacial score (nSPS) is 10.1. The Balaban J connectivity index is -0.00000122. The van der Waals surface area contributed by atoms with E-state index in [0.717, 1.165) is 52.4 Å². The average Bonchev–Trinajstić information content (AvgIpc) is 2.84. The molecule has 8 heteroatoms. The molecule has 0 radical (unpaired) electrons. The summed E-state index contributed by atoms with van der Waals surface area (Å²) in [7, 11) is 0. The first-order valence-corrected chi connectivity index (χ1v) is 13.6. The van der Waals surface area contributed by atoms with Crippen molar-refractivity contribution in [1.29, 1.82) is 0 Å². The molecule has 4 nitrogen and oxygen atoms in total. The highest BCUT2D eigenvalue weighted by Gasteiger charge is 2.00. The molecule has 0 aliphatic rings. The first-order chi connectivity index (χ1) is 16.6. The SMILES string of the molecule is Br.Br.Br.Br.C.CC(C)c1ccc(CNCCCNCCCCNCCCNCc2ccc(C(C)C)cc2)cc1. The lowest BCUT2D eigenvalue weighted by Crippen LogP contribution is -2.24. The fourth-order valence-electron chi connectivity index (χ4n) is 3.93. The lowest BCUT2D eigenvalue weighted by molar-refractivity contribution is 0.547. The molecule has 2 rings (SSSR count). The van der Waals surface area contributed by atoms with Crippen molar-refractivity contribution in [2.75, 3.05) is 39.3 Å². The van der Waals surface area contributed by atoms with Crippen LogP contribution in [0.4, 0.5) is 0 Å². The maximum Gasteiger partial charge on any atom is 0.0205 e. The molecule has 0 unspecified atom stereocenters. The Morgan fingerprint density at radius 3 is 1.03 bits per heavy atom. The van der Waals surface area contributed by atoms with Gasteiger partial charge in [0.25, 0.3) is 0 Å². The molecule has 2 aromatic carbocycles. The van der Waals surface area contributed by atoms with E-state index >= 15 is 0 Å². The standard InChI is InChI=1S/C30H50N4.CH4.4BrH/c1-25(2)29-13-9-27(10-14-29)23-33-21-7-19-31-17-5-6-18-32-20-8-22-34-24-28-11-15-30(16-12-28)26(3)4;;;;;/h9-16,25-26,31-34H,5-8,17-24H2,1-4H3;1H4;4*1H. The number of hydrogen-bond acceptors (Lipinski definition) is 4. The monoisotopic (exact) mass is 802 g/mol. The van der Waals surface area contributed by atoms with Gasteiger partial charge in [0, 0.05) is 13.1 Å². The molecule has 0 atom stereocenters. The minimum absolute atomic E-state index is 0. The second-order valence-electron chi connectivity index (χ2n) is 10.1. The Bertz CT molecular complexity index is 691. The lowest BCUT2D eigenvalue weighted by atomic mass is 10.0. The van der Waals surface area contributed by atoms with E-state index in [-0.39, 0.29) is 75.4 Å². The van der Waals surface area contributed by atoms with E-state index in [9.17, 15) is 0 Å². The average molecular weight is 806 g/mol. The van der Waals surface area contributed by atoms with Crippen molar-refractivity contribution < 1.29 is 0 Å². The third-order valence-electron chi connectivity index (χ3n) is 6.32. The van der Waals surface area contributed by atoms with Crippen molar-refractivity contribution in [3.05, 3.63) is 70.8 Å². The van der Waals surface area contributed by atoms with Crippen LogP contribution < -0.4 is 21.3 Å². The van der Waals surface area contributed by atoms with Crippen molar-refractivity contribution in [1.82, 2.24) is 21.3 Å². The molecule has 0 amide bonds. The summed E-state index contributed by atoms with van der Waals surface area (Å²) < 4.78 is 0. The number of benzene rings is 2. The van der Waals surface area contributed by atoms with E-state index in [1.807, 2.05) is 0 Å². The summed E-state index contributed by atoms with van der Waals surface area (Å²) in [5, 5.41) is 14.2. The van der Waals surface area contributed by atoms with Crippen molar-refractivity contribution in [2.45, 2.75) is 85.7 Å². The van der Waals surface area contributed by atoms with Crippen LogP contribution in [0.1, 0.15) is 94.9 Å². The third-order valence-corrected chi connectivity index (χ3v) is 6.32.